The van der Waals surface area contributed by atoms with Crippen molar-refractivity contribution in [1.29, 1.82) is 0 Å². The minimum absolute atomic E-state index is 0.141. The van der Waals surface area contributed by atoms with Gasteiger partial charge in [0, 0.05) is 6.54 Å². The number of nitrogens with zero attached hydrogens (tertiary/aromatic N) is 2. The predicted octanol–water partition coefficient (Wildman–Crippen LogP) is 2.16. The van der Waals surface area contributed by atoms with Gasteiger partial charge in [0.15, 0.2) is 4.99 Å². The molecule has 0 aliphatic heterocycles. The highest BCUT2D eigenvalue weighted by atomic mass is 32.1. The summed E-state index contributed by atoms with van der Waals surface area (Å²) in [6.45, 7) is 2.50. The number of hydrogen-bond acceptors (Lipinski definition) is 5. The average molecular weight is 306 g/mol. The zero-order valence-corrected chi connectivity index (χ0v) is 12.6. The van der Waals surface area contributed by atoms with Crippen molar-refractivity contribution in [3.8, 4) is 0 Å². The van der Waals surface area contributed by atoms with Crippen molar-refractivity contribution in [2.75, 3.05) is 5.32 Å². The number of nitrogens with one attached hydrogen (secondary N) is 2. The summed E-state index contributed by atoms with van der Waals surface area (Å²) in [5, 5.41) is 14.7. The number of carbonyl (C=O) groups excluding carboxylic acids is 1. The summed E-state index contributed by atoms with van der Waals surface area (Å²) in [6.07, 6.45) is 0.796. The van der Waals surface area contributed by atoms with Gasteiger partial charge in [-0.15, -0.1) is 10.2 Å². The smallest absolute Gasteiger partial charge is 0.284 e. The minimum Gasteiger partial charge on any atom is -0.368 e. The minimum atomic E-state index is -0.366. The van der Waals surface area contributed by atoms with Crippen LogP contribution in [0.2, 0.25) is 0 Å². The second-order valence-electron chi connectivity index (χ2n) is 3.98. The van der Waals surface area contributed by atoms with E-state index in [1.54, 1.807) is 0 Å². The van der Waals surface area contributed by atoms with E-state index in [-0.39, 0.29) is 10.9 Å². The zero-order chi connectivity index (χ0) is 14.4. The molecule has 0 atom stereocenters. The molecular weight excluding hydrogens is 292 g/mol. The Morgan fingerprint density at radius 3 is 2.70 bits per heavy atom. The molecule has 0 aliphatic rings. The van der Waals surface area contributed by atoms with Crippen LogP contribution in [0.5, 0.6) is 0 Å². The van der Waals surface area contributed by atoms with Crippen LogP contribution >= 0.6 is 23.6 Å². The number of aromatic nitrogens is 2. The van der Waals surface area contributed by atoms with Crippen molar-refractivity contribution in [2.24, 2.45) is 0 Å². The highest BCUT2D eigenvalue weighted by Crippen LogP contribution is 2.15. The van der Waals surface area contributed by atoms with Crippen LogP contribution in [0.1, 0.15) is 17.5 Å². The molecule has 0 aliphatic carbocycles. The Kier molecular flexibility index (Phi) is 5.14. The number of anilines is 1. The van der Waals surface area contributed by atoms with Gasteiger partial charge < -0.3 is 5.32 Å². The second-order valence-corrected chi connectivity index (χ2v) is 5.45. The molecule has 7 heteroatoms. The van der Waals surface area contributed by atoms with Crippen molar-refractivity contribution in [2.45, 2.75) is 19.9 Å². The Balaban J connectivity index is 1.84. The van der Waals surface area contributed by atoms with Gasteiger partial charge in [-0.25, -0.2) is 0 Å². The van der Waals surface area contributed by atoms with Crippen LogP contribution in [0.4, 0.5) is 5.13 Å². The highest BCUT2D eigenvalue weighted by molar-refractivity contribution is 7.82. The fourth-order valence-electron chi connectivity index (χ4n) is 1.46. The predicted molar refractivity (Wildman–Crippen MR) is 83.8 cm³/mol. The quantitative estimate of drug-likeness (QED) is 0.847. The number of thiocarbonyl (C=S) groups is 1. The fraction of sp³-hybridized carbons (Fsp3) is 0.231. The normalized spacial score (nSPS) is 10.1. The molecule has 2 rings (SSSR count). The van der Waals surface area contributed by atoms with Crippen LogP contribution in [-0.2, 0) is 17.8 Å². The first-order valence-corrected chi connectivity index (χ1v) is 7.37. The van der Waals surface area contributed by atoms with E-state index in [2.05, 4.69) is 20.8 Å². The van der Waals surface area contributed by atoms with Gasteiger partial charge in [-0.3, -0.25) is 10.1 Å². The molecule has 20 heavy (non-hydrogen) atoms. The molecule has 2 N–H and O–H groups in total. The van der Waals surface area contributed by atoms with E-state index in [1.807, 2.05) is 37.3 Å². The molecular formula is C13H14N4OS2. The molecule has 0 fully saturated rings. The summed E-state index contributed by atoms with van der Waals surface area (Å²) in [7, 11) is 0. The second kappa shape index (κ2) is 7.06. The molecule has 2 aromatic rings. The Labute approximate surface area is 126 Å². The molecule has 0 bridgehead atoms. The molecule has 1 aromatic heterocycles. The van der Waals surface area contributed by atoms with E-state index in [1.165, 1.54) is 11.3 Å². The van der Waals surface area contributed by atoms with Crippen LogP contribution in [-0.4, -0.2) is 21.1 Å². The summed E-state index contributed by atoms with van der Waals surface area (Å²) in [4.78, 5) is 12.0. The average Bonchev–Trinajstić information content (AvgIpc) is 2.93. The first-order valence-electron chi connectivity index (χ1n) is 6.14. The lowest BCUT2D eigenvalue weighted by Gasteiger charge is -2.06. The molecule has 0 saturated heterocycles. The monoisotopic (exact) mass is 306 g/mol. The van der Waals surface area contributed by atoms with Crippen LogP contribution in [0.25, 0.3) is 0 Å². The van der Waals surface area contributed by atoms with Gasteiger partial charge >= 0.3 is 0 Å². The van der Waals surface area contributed by atoms with Crippen LogP contribution < -0.4 is 10.6 Å². The number of rotatable bonds is 4. The van der Waals surface area contributed by atoms with Gasteiger partial charge in [-0.05, 0) is 12.0 Å². The molecule has 104 valence electrons. The Morgan fingerprint density at radius 1 is 1.30 bits per heavy atom. The lowest BCUT2D eigenvalue weighted by Crippen LogP contribution is -2.33. The summed E-state index contributed by atoms with van der Waals surface area (Å²) in [6, 6.07) is 9.74. The van der Waals surface area contributed by atoms with E-state index in [0.29, 0.717) is 11.7 Å². The lowest BCUT2D eigenvalue weighted by molar-refractivity contribution is -0.110. The zero-order valence-electron chi connectivity index (χ0n) is 10.9. The van der Waals surface area contributed by atoms with Gasteiger partial charge in [0.05, 0.1) is 0 Å². The first-order chi connectivity index (χ1) is 9.69. The summed E-state index contributed by atoms with van der Waals surface area (Å²) >= 11 is 6.39. The van der Waals surface area contributed by atoms with Crippen molar-refractivity contribution in [3.05, 3.63) is 40.9 Å². The van der Waals surface area contributed by atoms with Gasteiger partial charge in [0.25, 0.3) is 5.91 Å². The van der Waals surface area contributed by atoms with Gasteiger partial charge in [0.2, 0.25) is 5.13 Å². The third kappa shape index (κ3) is 4.07. The van der Waals surface area contributed by atoms with E-state index >= 15 is 0 Å². The van der Waals surface area contributed by atoms with E-state index in [4.69, 9.17) is 12.2 Å². The molecule has 1 aromatic carbocycles. The Hall–Kier alpha value is -1.86. The van der Waals surface area contributed by atoms with E-state index < -0.39 is 0 Å². The molecule has 1 heterocycles. The number of benzene rings is 1. The SMILES string of the molecule is CCc1nnc(NC(=O)C(=S)NCc2ccccc2)s1. The molecule has 5 nitrogen and oxygen atoms in total. The number of aryl methyl sites for hydroxylation is 1. The van der Waals surface area contributed by atoms with E-state index in [9.17, 15) is 4.79 Å². The van der Waals surface area contributed by atoms with Crippen LogP contribution in [0.3, 0.4) is 0 Å². The third-order valence-corrected chi connectivity index (χ3v) is 3.80. The van der Waals surface area contributed by atoms with Crippen molar-refractivity contribution in [3.63, 3.8) is 0 Å². The molecule has 0 radical (unpaired) electrons. The maximum Gasteiger partial charge on any atom is 0.284 e. The summed E-state index contributed by atoms with van der Waals surface area (Å²) in [5.74, 6) is -0.366. The molecule has 1 amide bonds. The van der Waals surface area contributed by atoms with Crippen LogP contribution in [0.15, 0.2) is 30.3 Å². The summed E-state index contributed by atoms with van der Waals surface area (Å²) < 4.78 is 0. The molecule has 0 saturated carbocycles. The Morgan fingerprint density at radius 2 is 2.05 bits per heavy atom. The first kappa shape index (κ1) is 14.5. The van der Waals surface area contributed by atoms with Crippen molar-refractivity contribution in [1.82, 2.24) is 15.5 Å². The standard InChI is InChI=1S/C13H14N4OS2/c1-2-10-16-17-13(20-10)15-11(18)12(19)14-8-9-6-4-3-5-7-9/h3-7H,2,8H2,1H3,(H,14,19)(H,15,17,18). The number of hydrogen-bond donors (Lipinski definition) is 2. The summed E-state index contributed by atoms with van der Waals surface area (Å²) in [5.41, 5.74) is 1.06. The number of amides is 1. The number of carbonyl (C=O) groups is 1. The van der Waals surface area contributed by atoms with Crippen molar-refractivity contribution < 1.29 is 4.79 Å². The maximum atomic E-state index is 11.9. The fourth-order valence-corrected chi connectivity index (χ4v) is 2.26. The van der Waals surface area contributed by atoms with E-state index in [0.717, 1.165) is 17.0 Å². The lowest BCUT2D eigenvalue weighted by atomic mass is 10.2. The van der Waals surface area contributed by atoms with Crippen LogP contribution in [0, 0.1) is 0 Å². The highest BCUT2D eigenvalue weighted by Gasteiger charge is 2.11. The van der Waals surface area contributed by atoms with Crippen molar-refractivity contribution >= 4 is 39.6 Å². The topological polar surface area (TPSA) is 66.9 Å². The van der Waals surface area contributed by atoms with Gasteiger partial charge in [-0.2, -0.15) is 0 Å². The van der Waals surface area contributed by atoms with Gasteiger partial charge in [-0.1, -0.05) is 60.8 Å². The molecule has 0 spiro atoms. The maximum absolute atomic E-state index is 11.9. The third-order valence-electron chi connectivity index (χ3n) is 2.49. The molecule has 0 unspecified atom stereocenters. The van der Waals surface area contributed by atoms with Gasteiger partial charge in [0.1, 0.15) is 5.01 Å². The Bertz CT molecular complexity index is 597. The largest absolute Gasteiger partial charge is 0.368 e.